The molecule has 6 nitrogen and oxygen atoms in total. The summed E-state index contributed by atoms with van der Waals surface area (Å²) in [4.78, 5) is 27.7. The molecule has 0 aliphatic carbocycles. The minimum absolute atomic E-state index is 0.00824. The number of rotatable bonds is 3. The topological polar surface area (TPSA) is 84.5 Å². The molecule has 2 N–H and O–H groups in total. The van der Waals surface area contributed by atoms with Crippen molar-refractivity contribution in [3.05, 3.63) is 65.1 Å². The molecule has 2 aromatic rings. The molecule has 0 radical (unpaired) electrons. The van der Waals surface area contributed by atoms with Crippen LogP contribution in [0.1, 0.15) is 36.1 Å². The zero-order valence-electron chi connectivity index (χ0n) is 16.4. The second kappa shape index (κ2) is 7.95. The van der Waals surface area contributed by atoms with E-state index in [9.17, 15) is 4.79 Å². The van der Waals surface area contributed by atoms with Gasteiger partial charge in [0.1, 0.15) is 12.1 Å². The number of nitrogens with zero attached hydrogens (tertiary/aromatic N) is 4. The van der Waals surface area contributed by atoms with Crippen LogP contribution < -0.4 is 5.73 Å². The number of aliphatic imine (C=N–C) groups is 1. The lowest BCUT2D eigenvalue weighted by Crippen LogP contribution is -2.30. The molecule has 4 rings (SSSR count). The van der Waals surface area contributed by atoms with Gasteiger partial charge in [0, 0.05) is 36.1 Å². The fraction of sp³-hybridized carbons (Fsp3) is 0.364. The monoisotopic (exact) mass is 409 g/mol. The summed E-state index contributed by atoms with van der Waals surface area (Å²) in [5, 5.41) is 0.671. The molecule has 29 heavy (non-hydrogen) atoms. The lowest BCUT2D eigenvalue weighted by molar-refractivity contribution is -0.125. The Morgan fingerprint density at radius 3 is 2.79 bits per heavy atom. The normalized spacial score (nSPS) is 23.9. The van der Waals surface area contributed by atoms with Gasteiger partial charge in [0.2, 0.25) is 5.91 Å². The molecule has 1 saturated heterocycles. The van der Waals surface area contributed by atoms with Crippen LogP contribution in [-0.2, 0) is 4.79 Å². The molecule has 1 aromatic carbocycles. The molecular weight excluding hydrogens is 386 g/mol. The number of amides is 1. The Labute approximate surface area is 175 Å². The number of hydrogen-bond donors (Lipinski definition) is 1. The highest BCUT2D eigenvalue weighted by molar-refractivity contribution is 6.30. The Bertz CT molecular complexity index is 972. The summed E-state index contributed by atoms with van der Waals surface area (Å²) in [5.74, 6) is 1.19. The fourth-order valence-electron chi connectivity index (χ4n) is 4.50. The molecular formula is C22H24ClN5O. The van der Waals surface area contributed by atoms with Crippen molar-refractivity contribution in [2.75, 3.05) is 25.4 Å². The summed E-state index contributed by atoms with van der Waals surface area (Å²) in [6.07, 6.45) is 3.87. The quantitative estimate of drug-likeness (QED) is 0.788. The van der Waals surface area contributed by atoms with Gasteiger partial charge in [-0.2, -0.15) is 0 Å². The van der Waals surface area contributed by atoms with Gasteiger partial charge in [-0.25, -0.2) is 9.97 Å². The molecule has 3 unspecified atom stereocenters. The summed E-state index contributed by atoms with van der Waals surface area (Å²) in [7, 11) is 0. The number of halogens is 1. The third kappa shape index (κ3) is 3.65. The van der Waals surface area contributed by atoms with Crippen LogP contribution in [-0.4, -0.2) is 46.1 Å². The number of anilines is 1. The van der Waals surface area contributed by atoms with Gasteiger partial charge in [-0.15, -0.1) is 0 Å². The van der Waals surface area contributed by atoms with E-state index in [1.807, 2.05) is 29.2 Å². The van der Waals surface area contributed by atoms with Crippen molar-refractivity contribution in [1.29, 1.82) is 0 Å². The van der Waals surface area contributed by atoms with Crippen LogP contribution in [0.5, 0.6) is 0 Å². The van der Waals surface area contributed by atoms with Gasteiger partial charge in [0.05, 0.1) is 17.0 Å². The average molecular weight is 410 g/mol. The van der Waals surface area contributed by atoms with Crippen LogP contribution in [0.25, 0.3) is 0 Å². The maximum atomic E-state index is 12.0. The zero-order chi connectivity index (χ0) is 20.5. The van der Waals surface area contributed by atoms with E-state index in [0.29, 0.717) is 23.3 Å². The van der Waals surface area contributed by atoms with Gasteiger partial charge >= 0.3 is 0 Å². The molecule has 1 amide bonds. The first kappa shape index (κ1) is 19.6. The minimum atomic E-state index is -0.00824. The Kier molecular flexibility index (Phi) is 5.37. The third-order valence-corrected chi connectivity index (χ3v) is 6.36. The summed E-state index contributed by atoms with van der Waals surface area (Å²) in [6, 6.07) is 7.59. The number of carbonyl (C=O) groups excluding carboxylic acids is 1. The second-order valence-corrected chi connectivity index (χ2v) is 8.14. The Morgan fingerprint density at radius 1 is 1.31 bits per heavy atom. The Morgan fingerprint density at radius 2 is 2.07 bits per heavy atom. The number of nitrogens with two attached hydrogens (primary N) is 1. The van der Waals surface area contributed by atoms with Crippen molar-refractivity contribution in [3.63, 3.8) is 0 Å². The van der Waals surface area contributed by atoms with Crippen molar-refractivity contribution in [2.24, 2.45) is 16.8 Å². The number of benzene rings is 1. The van der Waals surface area contributed by atoms with Gasteiger partial charge in [0.15, 0.2) is 0 Å². The maximum absolute atomic E-state index is 12.0. The Hall–Kier alpha value is -2.73. The first-order valence-corrected chi connectivity index (χ1v) is 10.2. The van der Waals surface area contributed by atoms with E-state index in [2.05, 4.69) is 23.5 Å². The highest BCUT2D eigenvalue weighted by Gasteiger charge is 2.38. The summed E-state index contributed by atoms with van der Waals surface area (Å²) < 4.78 is 0. The van der Waals surface area contributed by atoms with Crippen molar-refractivity contribution in [3.8, 4) is 0 Å². The number of fused-ring (bicyclic) bond motifs is 1. The molecule has 2 aliphatic heterocycles. The molecule has 150 valence electrons. The fourth-order valence-corrected chi connectivity index (χ4v) is 4.63. The van der Waals surface area contributed by atoms with Gasteiger partial charge in [-0.3, -0.25) is 9.79 Å². The van der Waals surface area contributed by atoms with Crippen LogP contribution in [0.15, 0.2) is 48.2 Å². The predicted octanol–water partition coefficient (Wildman–Crippen LogP) is 3.32. The SMILES string of the molecule is C=CC(=O)N1CCC(C2CN=C(c3ccc(Cl)cc3)c3c(N)ncnc3C2C)C1. The van der Waals surface area contributed by atoms with E-state index in [-0.39, 0.29) is 17.7 Å². The van der Waals surface area contributed by atoms with Crippen LogP contribution in [0.3, 0.4) is 0 Å². The highest BCUT2D eigenvalue weighted by atomic mass is 35.5. The predicted molar refractivity (Wildman–Crippen MR) is 115 cm³/mol. The van der Waals surface area contributed by atoms with Crippen molar-refractivity contribution >= 4 is 29.0 Å². The first-order chi connectivity index (χ1) is 14.0. The maximum Gasteiger partial charge on any atom is 0.245 e. The van der Waals surface area contributed by atoms with Crippen molar-refractivity contribution in [2.45, 2.75) is 19.3 Å². The molecule has 0 spiro atoms. The van der Waals surface area contributed by atoms with Gasteiger partial charge in [0.25, 0.3) is 0 Å². The molecule has 3 heterocycles. The van der Waals surface area contributed by atoms with E-state index >= 15 is 0 Å². The standard InChI is InChI=1S/C22H24ClN5O/c1-3-18(29)28-9-8-15(11-28)17-10-25-21(14-4-6-16(23)7-5-14)19-20(13(17)2)26-12-27-22(19)24/h3-7,12-13,15,17H,1,8-11H2,2H3,(H2,24,26,27). The zero-order valence-corrected chi connectivity index (χ0v) is 17.1. The Balaban J connectivity index is 1.73. The summed E-state index contributed by atoms with van der Waals surface area (Å²) >= 11 is 6.07. The smallest absolute Gasteiger partial charge is 0.245 e. The largest absolute Gasteiger partial charge is 0.383 e. The number of aromatic nitrogens is 2. The molecule has 7 heteroatoms. The van der Waals surface area contributed by atoms with Crippen molar-refractivity contribution in [1.82, 2.24) is 14.9 Å². The molecule has 1 aromatic heterocycles. The van der Waals surface area contributed by atoms with Crippen molar-refractivity contribution < 1.29 is 4.79 Å². The molecule has 0 saturated carbocycles. The summed E-state index contributed by atoms with van der Waals surface area (Å²) in [6.45, 7) is 7.91. The van der Waals surface area contributed by atoms with E-state index in [4.69, 9.17) is 22.3 Å². The molecule has 2 aliphatic rings. The number of hydrogen-bond acceptors (Lipinski definition) is 5. The summed E-state index contributed by atoms with van der Waals surface area (Å²) in [5.41, 5.74) is 9.76. The van der Waals surface area contributed by atoms with E-state index < -0.39 is 0 Å². The van der Waals surface area contributed by atoms with Crippen LogP contribution >= 0.6 is 11.6 Å². The van der Waals surface area contributed by atoms with Gasteiger partial charge < -0.3 is 10.6 Å². The third-order valence-electron chi connectivity index (χ3n) is 6.11. The van der Waals surface area contributed by atoms with E-state index in [1.165, 1.54) is 12.4 Å². The van der Waals surface area contributed by atoms with E-state index in [1.54, 1.807) is 0 Å². The highest BCUT2D eigenvalue weighted by Crippen LogP contribution is 2.39. The number of carbonyl (C=O) groups is 1. The number of nitrogen functional groups attached to an aromatic ring is 1. The molecule has 3 atom stereocenters. The lowest BCUT2D eigenvalue weighted by Gasteiger charge is -2.27. The van der Waals surface area contributed by atoms with Gasteiger partial charge in [-0.1, -0.05) is 37.2 Å². The van der Waals surface area contributed by atoms with Crippen LogP contribution in [0, 0.1) is 11.8 Å². The molecule has 0 bridgehead atoms. The van der Waals surface area contributed by atoms with Crippen LogP contribution in [0.4, 0.5) is 5.82 Å². The first-order valence-electron chi connectivity index (χ1n) is 9.82. The number of likely N-dealkylation sites (tertiary alicyclic amines) is 1. The van der Waals surface area contributed by atoms with Gasteiger partial charge in [-0.05, 0) is 36.5 Å². The second-order valence-electron chi connectivity index (χ2n) is 7.70. The minimum Gasteiger partial charge on any atom is -0.383 e. The average Bonchev–Trinajstić information content (AvgIpc) is 3.16. The van der Waals surface area contributed by atoms with E-state index in [0.717, 1.165) is 42.0 Å². The lowest BCUT2D eigenvalue weighted by atomic mass is 9.79. The molecule has 1 fully saturated rings. The van der Waals surface area contributed by atoms with Crippen LogP contribution in [0.2, 0.25) is 5.02 Å².